The number of amides is 1. The lowest BCUT2D eigenvalue weighted by atomic mass is 9.95. The normalized spacial score (nSPS) is 20.7. The monoisotopic (exact) mass is 437 g/mol. The van der Waals surface area contributed by atoms with Crippen molar-refractivity contribution in [1.29, 1.82) is 0 Å². The first-order chi connectivity index (χ1) is 15.6. The van der Waals surface area contributed by atoms with Gasteiger partial charge >= 0.3 is 5.97 Å². The van der Waals surface area contributed by atoms with E-state index >= 15 is 0 Å². The van der Waals surface area contributed by atoms with Gasteiger partial charge in [0.1, 0.15) is 5.82 Å². The Morgan fingerprint density at radius 1 is 1.19 bits per heavy atom. The molecule has 1 saturated carbocycles. The minimum Gasteiger partial charge on any atom is -0.461 e. The summed E-state index contributed by atoms with van der Waals surface area (Å²) < 4.78 is 7.28. The molecule has 1 amide bonds. The summed E-state index contributed by atoms with van der Waals surface area (Å²) in [6.07, 6.45) is 6.83. The highest BCUT2D eigenvalue weighted by atomic mass is 16.5. The molecular formula is C24H31N5O3. The third kappa shape index (κ3) is 4.23. The fourth-order valence-corrected chi connectivity index (χ4v) is 4.92. The van der Waals surface area contributed by atoms with Crippen LogP contribution in [0.2, 0.25) is 0 Å². The van der Waals surface area contributed by atoms with Gasteiger partial charge in [0, 0.05) is 56.6 Å². The van der Waals surface area contributed by atoms with Gasteiger partial charge in [-0.15, -0.1) is 0 Å². The topological polar surface area (TPSA) is 80.6 Å². The average Bonchev–Trinajstić information content (AvgIpc) is 3.58. The number of hydrogen-bond donors (Lipinski definition) is 0. The highest BCUT2D eigenvalue weighted by Crippen LogP contribution is 2.33. The highest BCUT2D eigenvalue weighted by Gasteiger charge is 2.36. The molecule has 0 spiro atoms. The van der Waals surface area contributed by atoms with Crippen LogP contribution >= 0.6 is 0 Å². The summed E-state index contributed by atoms with van der Waals surface area (Å²) in [5.41, 5.74) is 2.36. The Morgan fingerprint density at radius 2 is 2.06 bits per heavy atom. The standard InChI is InChI=1S/C24H31N5O3/c1-2-32-24(31)22-19-16-28(13-10-20(19)29(26-22)14-17-8-9-17)23(30)18-6-5-12-27(15-18)21-7-3-4-11-25-21/h3-4,7,11,17-18H,2,5-6,8-10,12-16H2,1H3/t18-/m1/s1. The van der Waals surface area contributed by atoms with Gasteiger partial charge in [0.2, 0.25) is 5.91 Å². The molecule has 170 valence electrons. The molecule has 32 heavy (non-hydrogen) atoms. The molecule has 0 radical (unpaired) electrons. The van der Waals surface area contributed by atoms with Crippen LogP contribution in [0.4, 0.5) is 5.82 Å². The Morgan fingerprint density at radius 3 is 2.81 bits per heavy atom. The Balaban J connectivity index is 1.33. The number of carbonyl (C=O) groups is 2. The number of ether oxygens (including phenoxy) is 1. The summed E-state index contributed by atoms with van der Waals surface area (Å²) in [6.45, 7) is 5.70. The zero-order valence-electron chi connectivity index (χ0n) is 18.7. The van der Waals surface area contributed by atoms with Crippen LogP contribution < -0.4 is 4.90 Å². The molecule has 0 N–H and O–H groups in total. The number of carbonyl (C=O) groups excluding carboxylic acids is 2. The Bertz CT molecular complexity index is 985. The van der Waals surface area contributed by atoms with Crippen molar-refractivity contribution in [2.24, 2.45) is 11.8 Å². The number of piperidine rings is 1. The van der Waals surface area contributed by atoms with E-state index in [0.717, 1.165) is 49.4 Å². The van der Waals surface area contributed by atoms with Gasteiger partial charge in [-0.25, -0.2) is 9.78 Å². The molecule has 4 heterocycles. The molecule has 0 bridgehead atoms. The number of aromatic nitrogens is 3. The van der Waals surface area contributed by atoms with Crippen molar-refractivity contribution in [2.45, 2.75) is 52.1 Å². The Hall–Kier alpha value is -2.90. The molecular weight excluding hydrogens is 406 g/mol. The minimum atomic E-state index is -0.383. The third-order valence-electron chi connectivity index (χ3n) is 6.79. The first-order valence-electron chi connectivity index (χ1n) is 11.8. The van der Waals surface area contributed by atoms with Gasteiger partial charge in [-0.2, -0.15) is 5.10 Å². The van der Waals surface area contributed by atoms with E-state index in [1.807, 2.05) is 27.8 Å². The van der Waals surface area contributed by atoms with Crippen LogP contribution in [-0.2, 0) is 29.0 Å². The molecule has 1 atom stereocenters. The van der Waals surface area contributed by atoms with Crippen molar-refractivity contribution in [3.8, 4) is 0 Å². The summed E-state index contributed by atoms with van der Waals surface area (Å²) in [4.78, 5) is 34.7. The maximum Gasteiger partial charge on any atom is 0.359 e. The van der Waals surface area contributed by atoms with Gasteiger partial charge in [-0.05, 0) is 50.7 Å². The zero-order valence-corrected chi connectivity index (χ0v) is 18.7. The molecule has 8 nitrogen and oxygen atoms in total. The number of anilines is 1. The van der Waals surface area contributed by atoms with Gasteiger partial charge in [0.25, 0.3) is 0 Å². The van der Waals surface area contributed by atoms with E-state index in [9.17, 15) is 9.59 Å². The summed E-state index contributed by atoms with van der Waals surface area (Å²) in [7, 11) is 0. The molecule has 1 saturated heterocycles. The van der Waals surface area contributed by atoms with E-state index in [2.05, 4.69) is 15.0 Å². The Kier molecular flexibility index (Phi) is 5.85. The predicted molar refractivity (Wildman–Crippen MR) is 119 cm³/mol. The van der Waals surface area contributed by atoms with Gasteiger partial charge in [0.05, 0.1) is 12.5 Å². The Labute approximate surface area is 188 Å². The molecule has 2 aromatic heterocycles. The maximum absolute atomic E-state index is 13.5. The second kappa shape index (κ2) is 8.92. The summed E-state index contributed by atoms with van der Waals surface area (Å²) in [6, 6.07) is 5.89. The lowest BCUT2D eigenvalue weighted by Crippen LogP contribution is -2.46. The molecule has 8 heteroatoms. The van der Waals surface area contributed by atoms with Gasteiger partial charge < -0.3 is 14.5 Å². The molecule has 5 rings (SSSR count). The first kappa shape index (κ1) is 21.0. The lowest BCUT2D eigenvalue weighted by Gasteiger charge is -2.36. The van der Waals surface area contributed by atoms with Crippen molar-refractivity contribution in [3.63, 3.8) is 0 Å². The second-order valence-corrected chi connectivity index (χ2v) is 9.10. The van der Waals surface area contributed by atoms with Crippen LogP contribution in [0.25, 0.3) is 0 Å². The van der Waals surface area contributed by atoms with Crippen LogP contribution in [0, 0.1) is 11.8 Å². The van der Waals surface area contributed by atoms with Crippen LogP contribution in [0.5, 0.6) is 0 Å². The lowest BCUT2D eigenvalue weighted by molar-refractivity contribution is -0.136. The van der Waals surface area contributed by atoms with Gasteiger partial charge in [-0.3, -0.25) is 9.48 Å². The summed E-state index contributed by atoms with van der Waals surface area (Å²) in [5, 5.41) is 4.64. The number of fused-ring (bicyclic) bond motifs is 1. The molecule has 2 aliphatic heterocycles. The molecule has 0 unspecified atom stereocenters. The quantitative estimate of drug-likeness (QED) is 0.647. The SMILES string of the molecule is CCOC(=O)c1nn(CC2CC2)c2c1CN(C(=O)[C@@H]1CCCN(c3ccccn3)C1)CC2. The molecule has 3 aliphatic rings. The van der Waals surface area contributed by atoms with Crippen molar-refractivity contribution in [1.82, 2.24) is 19.7 Å². The van der Waals surface area contributed by atoms with Crippen LogP contribution in [0.3, 0.4) is 0 Å². The zero-order chi connectivity index (χ0) is 22.1. The summed E-state index contributed by atoms with van der Waals surface area (Å²) >= 11 is 0. The number of nitrogens with zero attached hydrogens (tertiary/aromatic N) is 5. The van der Waals surface area contributed by atoms with Crippen molar-refractivity contribution in [3.05, 3.63) is 41.3 Å². The van der Waals surface area contributed by atoms with Gasteiger partial charge in [-0.1, -0.05) is 6.07 Å². The van der Waals surface area contributed by atoms with E-state index in [4.69, 9.17) is 4.74 Å². The van der Waals surface area contributed by atoms with Crippen LogP contribution in [0.1, 0.15) is 54.4 Å². The van der Waals surface area contributed by atoms with Gasteiger partial charge in [0.15, 0.2) is 5.69 Å². The van der Waals surface area contributed by atoms with Crippen molar-refractivity contribution < 1.29 is 14.3 Å². The fourth-order valence-electron chi connectivity index (χ4n) is 4.92. The predicted octanol–water partition coefficient (Wildman–Crippen LogP) is 2.67. The number of pyridine rings is 1. The molecule has 2 aromatic rings. The van der Waals surface area contributed by atoms with E-state index in [-0.39, 0.29) is 17.8 Å². The average molecular weight is 438 g/mol. The third-order valence-corrected chi connectivity index (χ3v) is 6.79. The smallest absolute Gasteiger partial charge is 0.359 e. The largest absolute Gasteiger partial charge is 0.461 e. The van der Waals surface area contributed by atoms with Crippen LogP contribution in [0.15, 0.2) is 24.4 Å². The van der Waals surface area contributed by atoms with E-state index in [1.54, 1.807) is 13.1 Å². The highest BCUT2D eigenvalue weighted by molar-refractivity contribution is 5.89. The first-order valence-corrected chi connectivity index (χ1v) is 11.8. The fraction of sp³-hybridized carbons (Fsp3) is 0.583. The van der Waals surface area contributed by atoms with E-state index in [0.29, 0.717) is 37.9 Å². The maximum atomic E-state index is 13.5. The molecule has 0 aromatic carbocycles. The molecule has 2 fully saturated rings. The number of esters is 1. The summed E-state index contributed by atoms with van der Waals surface area (Å²) in [5.74, 6) is 1.32. The number of hydrogen-bond acceptors (Lipinski definition) is 6. The van der Waals surface area contributed by atoms with Crippen molar-refractivity contribution >= 4 is 17.7 Å². The second-order valence-electron chi connectivity index (χ2n) is 9.10. The van der Waals surface area contributed by atoms with E-state index in [1.165, 1.54) is 12.8 Å². The molecule has 1 aliphatic carbocycles. The number of rotatable bonds is 6. The van der Waals surface area contributed by atoms with Crippen molar-refractivity contribution in [2.75, 3.05) is 31.1 Å². The van der Waals surface area contributed by atoms with E-state index < -0.39 is 0 Å². The van der Waals surface area contributed by atoms with Crippen LogP contribution in [-0.4, -0.2) is 57.8 Å². The minimum absolute atomic E-state index is 0.0557.